The molecule has 3 aliphatic heterocycles. The third-order valence-electron chi connectivity index (χ3n) is 9.55. The third-order valence-corrected chi connectivity index (χ3v) is 10.1. The molecular weight excluding hydrogens is 560 g/mol. The van der Waals surface area contributed by atoms with E-state index in [1.165, 1.54) is 13.3 Å². The van der Waals surface area contributed by atoms with E-state index in [0.29, 0.717) is 22.6 Å². The number of halogens is 1. The van der Waals surface area contributed by atoms with Gasteiger partial charge in [-0.05, 0) is 55.4 Å². The van der Waals surface area contributed by atoms with Crippen molar-refractivity contribution >= 4 is 21.8 Å². The molecule has 39 heavy (non-hydrogen) atoms. The quantitative estimate of drug-likeness (QED) is 0.460. The lowest BCUT2D eigenvalue weighted by Crippen LogP contribution is -2.52. The first kappa shape index (κ1) is 25.1. The zero-order chi connectivity index (χ0) is 26.9. The van der Waals surface area contributed by atoms with E-state index in [4.69, 9.17) is 9.47 Å². The van der Waals surface area contributed by atoms with E-state index in [-0.39, 0.29) is 18.0 Å². The molecule has 2 bridgehead atoms. The maximum atomic E-state index is 14.7. The lowest BCUT2D eigenvalue weighted by atomic mass is 9.70. The molecule has 3 fully saturated rings. The number of benzene rings is 2. The molecule has 7 rings (SSSR count). The molecule has 7 nitrogen and oxygen atoms in total. The number of aliphatic hydroxyl groups is 2. The van der Waals surface area contributed by atoms with E-state index in [9.17, 15) is 15.0 Å². The highest BCUT2D eigenvalue weighted by Crippen LogP contribution is 2.70. The van der Waals surface area contributed by atoms with Crippen LogP contribution in [0.3, 0.4) is 0 Å². The van der Waals surface area contributed by atoms with Gasteiger partial charge in [0.2, 0.25) is 5.91 Å². The molecule has 7 atom stereocenters. The summed E-state index contributed by atoms with van der Waals surface area (Å²) in [7, 11) is 1.50. The number of nitrogens with zero attached hydrogens (tertiary/aromatic N) is 2. The number of ether oxygens (including phenoxy) is 2. The molecular formula is C31H31BrN2O5. The maximum Gasteiger partial charge on any atom is 0.229 e. The van der Waals surface area contributed by atoms with Crippen LogP contribution >= 0.6 is 15.9 Å². The van der Waals surface area contributed by atoms with Gasteiger partial charge < -0.3 is 24.6 Å². The zero-order valence-electron chi connectivity index (χ0n) is 21.7. The van der Waals surface area contributed by atoms with E-state index in [1.54, 1.807) is 6.20 Å². The lowest BCUT2D eigenvalue weighted by molar-refractivity contribution is -0.158. The molecule has 1 saturated carbocycles. The molecule has 202 valence electrons. The van der Waals surface area contributed by atoms with Crippen molar-refractivity contribution in [2.75, 3.05) is 7.11 Å². The summed E-state index contributed by atoms with van der Waals surface area (Å²) >= 11 is 3.52. The summed E-state index contributed by atoms with van der Waals surface area (Å²) in [5.41, 5.74) is -1.69. The van der Waals surface area contributed by atoms with Crippen molar-refractivity contribution < 1.29 is 24.5 Å². The number of carbonyl (C=O) groups is 1. The van der Waals surface area contributed by atoms with E-state index in [1.807, 2.05) is 59.5 Å². The van der Waals surface area contributed by atoms with E-state index in [2.05, 4.69) is 20.9 Å². The Morgan fingerprint density at radius 3 is 2.41 bits per heavy atom. The Morgan fingerprint density at radius 2 is 1.74 bits per heavy atom. The topological polar surface area (TPSA) is 92.1 Å². The minimum atomic E-state index is -1.99. The summed E-state index contributed by atoms with van der Waals surface area (Å²) in [6.07, 6.45) is 6.63. The van der Waals surface area contributed by atoms with Gasteiger partial charge in [-0.25, -0.2) is 0 Å². The van der Waals surface area contributed by atoms with Crippen LogP contribution in [0.1, 0.15) is 54.7 Å². The summed E-state index contributed by atoms with van der Waals surface area (Å²) in [5.74, 6) is -1.09. The Kier molecular flexibility index (Phi) is 5.81. The molecule has 2 saturated heterocycles. The van der Waals surface area contributed by atoms with Crippen LogP contribution in [0.4, 0.5) is 0 Å². The van der Waals surface area contributed by atoms with Crippen LogP contribution in [-0.4, -0.2) is 51.3 Å². The Balaban J connectivity index is 1.50. The first-order valence-corrected chi connectivity index (χ1v) is 14.5. The molecule has 2 unspecified atom stereocenters. The maximum absolute atomic E-state index is 14.7. The molecule has 4 heterocycles. The van der Waals surface area contributed by atoms with Gasteiger partial charge in [-0.2, -0.15) is 0 Å². The SMILES string of the molecule is COc1cncc2c1[C@]1(O)[C@H](O)C(C(=O)N3[C@@H]4CCC[C@H]3CC4)C(c3ccccc3)[C@]1(c1ccc(Br)cc1)O2. The molecule has 2 aromatic carbocycles. The number of amides is 1. The highest BCUT2D eigenvalue weighted by molar-refractivity contribution is 9.10. The average molecular weight is 592 g/mol. The van der Waals surface area contributed by atoms with E-state index >= 15 is 0 Å². The summed E-state index contributed by atoms with van der Waals surface area (Å²) < 4.78 is 13.4. The van der Waals surface area contributed by atoms with Gasteiger partial charge in [0.25, 0.3) is 0 Å². The molecule has 1 amide bonds. The first-order chi connectivity index (χ1) is 18.9. The highest BCUT2D eigenvalue weighted by atomic mass is 79.9. The molecule has 4 aliphatic rings. The van der Waals surface area contributed by atoms with Crippen molar-refractivity contribution in [1.29, 1.82) is 0 Å². The van der Waals surface area contributed by atoms with Crippen LogP contribution in [0.15, 0.2) is 71.5 Å². The Bertz CT molecular complexity index is 1400. The summed E-state index contributed by atoms with van der Waals surface area (Å²) in [6.45, 7) is 0. The molecule has 1 aliphatic carbocycles. The number of rotatable bonds is 4. The lowest BCUT2D eigenvalue weighted by Gasteiger charge is -2.41. The van der Waals surface area contributed by atoms with Gasteiger partial charge in [0, 0.05) is 22.5 Å². The Hall–Kier alpha value is -2.94. The van der Waals surface area contributed by atoms with Gasteiger partial charge in [0.1, 0.15) is 17.6 Å². The second-order valence-electron chi connectivity index (χ2n) is 11.2. The predicted molar refractivity (Wildman–Crippen MR) is 147 cm³/mol. The van der Waals surface area contributed by atoms with Crippen molar-refractivity contribution in [1.82, 2.24) is 9.88 Å². The summed E-state index contributed by atoms with van der Waals surface area (Å²) in [6, 6.07) is 17.6. The number of aliphatic hydroxyl groups excluding tert-OH is 1. The number of methoxy groups -OCH3 is 1. The van der Waals surface area contributed by atoms with Crippen LogP contribution < -0.4 is 9.47 Å². The summed E-state index contributed by atoms with van der Waals surface area (Å²) in [4.78, 5) is 21.0. The van der Waals surface area contributed by atoms with Crippen molar-refractivity contribution in [2.45, 2.75) is 67.4 Å². The molecule has 0 radical (unpaired) electrons. The van der Waals surface area contributed by atoms with Crippen molar-refractivity contribution in [3.63, 3.8) is 0 Å². The number of pyridine rings is 1. The summed E-state index contributed by atoms with van der Waals surface area (Å²) in [5, 5.41) is 25.3. The standard InChI is InChI=1S/C31H31BrN2O5/c1-38-23-16-33-17-24-27(23)30(37)28(35)25(29(36)34-21-8-5-9-22(34)15-14-21)26(18-6-3-2-4-7-18)31(30,39-24)19-10-12-20(32)13-11-19/h2-4,6-7,10-13,16-17,21-22,25-26,28,35,37H,5,8-9,14-15H2,1H3/t21-,22+,25?,26?,28-,30+,31+/m1/s1. The second kappa shape index (κ2) is 9.04. The average Bonchev–Trinajstić information content (AvgIpc) is 3.46. The number of carbonyl (C=O) groups excluding carboxylic acids is 1. The number of hydrogen-bond acceptors (Lipinski definition) is 6. The fourth-order valence-corrected chi connectivity index (χ4v) is 8.28. The van der Waals surface area contributed by atoms with E-state index < -0.39 is 29.1 Å². The van der Waals surface area contributed by atoms with Crippen molar-refractivity contribution in [3.8, 4) is 11.5 Å². The number of hydrogen-bond donors (Lipinski definition) is 2. The smallest absolute Gasteiger partial charge is 0.229 e. The molecule has 0 spiro atoms. The predicted octanol–water partition coefficient (Wildman–Crippen LogP) is 4.65. The monoisotopic (exact) mass is 590 g/mol. The van der Waals surface area contributed by atoms with Gasteiger partial charge in [-0.1, -0.05) is 58.4 Å². The fourth-order valence-electron chi connectivity index (χ4n) is 8.02. The number of aromatic nitrogens is 1. The van der Waals surface area contributed by atoms with Gasteiger partial charge in [-0.3, -0.25) is 9.78 Å². The molecule has 1 aromatic heterocycles. The Labute approximate surface area is 235 Å². The normalized spacial score (nSPS) is 34.4. The first-order valence-electron chi connectivity index (χ1n) is 13.7. The second-order valence-corrected chi connectivity index (χ2v) is 12.2. The molecule has 3 aromatic rings. The molecule has 2 N–H and O–H groups in total. The van der Waals surface area contributed by atoms with Gasteiger partial charge in [0.05, 0.1) is 31.0 Å². The van der Waals surface area contributed by atoms with Gasteiger partial charge in [0.15, 0.2) is 11.2 Å². The van der Waals surface area contributed by atoms with Crippen LogP contribution in [0.2, 0.25) is 0 Å². The minimum absolute atomic E-state index is 0.110. The van der Waals surface area contributed by atoms with Crippen molar-refractivity contribution in [2.24, 2.45) is 5.92 Å². The van der Waals surface area contributed by atoms with Crippen LogP contribution in [0, 0.1) is 5.92 Å². The fraction of sp³-hybridized carbons (Fsp3) is 0.419. The van der Waals surface area contributed by atoms with Crippen LogP contribution in [0.25, 0.3) is 0 Å². The number of fused-ring (bicyclic) bond motifs is 5. The van der Waals surface area contributed by atoms with Gasteiger partial charge in [-0.15, -0.1) is 0 Å². The van der Waals surface area contributed by atoms with Crippen LogP contribution in [-0.2, 0) is 16.0 Å². The van der Waals surface area contributed by atoms with Crippen molar-refractivity contribution in [3.05, 3.63) is 88.2 Å². The third kappa shape index (κ3) is 3.28. The van der Waals surface area contributed by atoms with E-state index in [0.717, 1.165) is 42.1 Å². The van der Waals surface area contributed by atoms with Gasteiger partial charge >= 0.3 is 0 Å². The largest absolute Gasteiger partial charge is 0.495 e. The minimum Gasteiger partial charge on any atom is -0.495 e. The highest BCUT2D eigenvalue weighted by Gasteiger charge is 2.78. The Morgan fingerprint density at radius 1 is 1.05 bits per heavy atom. The van der Waals surface area contributed by atoms with Crippen LogP contribution in [0.5, 0.6) is 11.5 Å². The number of piperidine rings is 1. The zero-order valence-corrected chi connectivity index (χ0v) is 23.3. The molecule has 8 heteroatoms.